The molecule has 0 amide bonds. The summed E-state index contributed by atoms with van der Waals surface area (Å²) in [4.78, 5) is 0. The number of benzene rings is 2. The zero-order valence-electron chi connectivity index (χ0n) is 11.6. The minimum atomic E-state index is -0.412. The van der Waals surface area contributed by atoms with E-state index in [0.717, 1.165) is 12.1 Å². The van der Waals surface area contributed by atoms with Gasteiger partial charge in [-0.2, -0.15) is 0 Å². The maximum atomic E-state index is 13.9. The van der Waals surface area contributed by atoms with Crippen molar-refractivity contribution in [2.24, 2.45) is 0 Å². The molecule has 1 N–H and O–H groups in total. The molecule has 0 saturated heterocycles. The standard InChI is InChI=1S/C16H16Cl2FNO/c1-2-8-21-15-7-6-12(17)9-14(15)20-10-11-4-3-5-13(18)16(11)19/h3-7,9,20H,2,8,10H2,1H3. The molecule has 0 aromatic heterocycles. The van der Waals surface area contributed by atoms with E-state index in [0.29, 0.717) is 29.5 Å². The molecule has 2 aromatic rings. The Morgan fingerprint density at radius 3 is 2.76 bits per heavy atom. The van der Waals surface area contributed by atoms with Gasteiger partial charge in [0.25, 0.3) is 0 Å². The summed E-state index contributed by atoms with van der Waals surface area (Å²) in [5.41, 5.74) is 1.22. The predicted molar refractivity (Wildman–Crippen MR) is 86.0 cm³/mol. The average Bonchev–Trinajstić information content (AvgIpc) is 2.48. The van der Waals surface area contributed by atoms with E-state index < -0.39 is 5.82 Å². The Labute approximate surface area is 133 Å². The van der Waals surface area contributed by atoms with Gasteiger partial charge in [-0.05, 0) is 30.7 Å². The quantitative estimate of drug-likeness (QED) is 0.752. The summed E-state index contributed by atoms with van der Waals surface area (Å²) in [5.74, 6) is 0.286. The second-order valence-electron chi connectivity index (χ2n) is 4.56. The lowest BCUT2D eigenvalue weighted by Gasteiger charge is -2.14. The molecule has 0 heterocycles. The van der Waals surface area contributed by atoms with E-state index in [2.05, 4.69) is 5.32 Å². The summed E-state index contributed by atoms with van der Waals surface area (Å²) < 4.78 is 19.5. The van der Waals surface area contributed by atoms with Crippen LogP contribution in [0.15, 0.2) is 36.4 Å². The molecule has 0 aliphatic carbocycles. The number of rotatable bonds is 6. The molecule has 21 heavy (non-hydrogen) atoms. The lowest BCUT2D eigenvalue weighted by Crippen LogP contribution is -2.05. The fraction of sp³-hybridized carbons (Fsp3) is 0.250. The van der Waals surface area contributed by atoms with E-state index in [1.165, 1.54) is 6.07 Å². The Kier molecular flexibility index (Phi) is 5.71. The molecule has 0 atom stereocenters. The summed E-state index contributed by atoms with van der Waals surface area (Å²) in [7, 11) is 0. The van der Waals surface area contributed by atoms with Crippen LogP contribution >= 0.6 is 23.2 Å². The fourth-order valence-corrected chi connectivity index (χ4v) is 2.22. The van der Waals surface area contributed by atoms with Gasteiger partial charge in [0.1, 0.15) is 11.6 Å². The molecule has 2 rings (SSSR count). The third-order valence-electron chi connectivity index (χ3n) is 2.90. The monoisotopic (exact) mass is 327 g/mol. The van der Waals surface area contributed by atoms with Crippen molar-refractivity contribution in [1.82, 2.24) is 0 Å². The Bertz CT molecular complexity index is 619. The first-order valence-corrected chi connectivity index (χ1v) is 7.46. The molecule has 0 aliphatic heterocycles. The summed E-state index contributed by atoms with van der Waals surface area (Å²) in [6.07, 6.45) is 0.908. The molecule has 5 heteroatoms. The molecular formula is C16H16Cl2FNO. The first-order valence-electron chi connectivity index (χ1n) is 6.71. The van der Waals surface area contributed by atoms with E-state index >= 15 is 0 Å². The normalized spacial score (nSPS) is 10.5. The topological polar surface area (TPSA) is 21.3 Å². The molecule has 0 unspecified atom stereocenters. The van der Waals surface area contributed by atoms with Crippen molar-refractivity contribution < 1.29 is 9.13 Å². The van der Waals surface area contributed by atoms with Crippen molar-refractivity contribution in [2.75, 3.05) is 11.9 Å². The maximum absolute atomic E-state index is 13.9. The Morgan fingerprint density at radius 2 is 2.00 bits per heavy atom. The van der Waals surface area contributed by atoms with E-state index in [4.69, 9.17) is 27.9 Å². The number of ether oxygens (including phenoxy) is 1. The van der Waals surface area contributed by atoms with Crippen LogP contribution in [0.2, 0.25) is 10.0 Å². The van der Waals surface area contributed by atoms with Gasteiger partial charge in [0.15, 0.2) is 0 Å². The van der Waals surface area contributed by atoms with Crippen LogP contribution in [0.1, 0.15) is 18.9 Å². The number of nitrogens with one attached hydrogen (secondary N) is 1. The molecule has 0 bridgehead atoms. The van der Waals surface area contributed by atoms with Gasteiger partial charge < -0.3 is 10.1 Å². The van der Waals surface area contributed by atoms with E-state index in [-0.39, 0.29) is 5.02 Å². The molecule has 0 saturated carbocycles. The van der Waals surface area contributed by atoms with E-state index in [1.807, 2.05) is 6.92 Å². The first kappa shape index (κ1) is 15.9. The number of hydrogen-bond acceptors (Lipinski definition) is 2. The van der Waals surface area contributed by atoms with Gasteiger partial charge in [0.05, 0.1) is 17.3 Å². The van der Waals surface area contributed by atoms with Crippen molar-refractivity contribution in [3.8, 4) is 5.75 Å². The summed E-state index contributed by atoms with van der Waals surface area (Å²) in [6, 6.07) is 10.2. The minimum Gasteiger partial charge on any atom is -0.491 e. The number of hydrogen-bond donors (Lipinski definition) is 1. The van der Waals surface area contributed by atoms with Crippen molar-refractivity contribution in [2.45, 2.75) is 19.9 Å². The average molecular weight is 328 g/mol. The van der Waals surface area contributed by atoms with E-state index in [1.54, 1.807) is 30.3 Å². The van der Waals surface area contributed by atoms with Crippen LogP contribution in [0.5, 0.6) is 5.75 Å². The molecule has 0 fully saturated rings. The highest BCUT2D eigenvalue weighted by Gasteiger charge is 2.08. The van der Waals surface area contributed by atoms with Crippen LogP contribution in [0.3, 0.4) is 0 Å². The van der Waals surface area contributed by atoms with Gasteiger partial charge in [-0.15, -0.1) is 0 Å². The van der Waals surface area contributed by atoms with Gasteiger partial charge in [-0.25, -0.2) is 4.39 Å². The Balaban J connectivity index is 2.15. The lowest BCUT2D eigenvalue weighted by atomic mass is 10.2. The van der Waals surface area contributed by atoms with Gasteiger partial charge in [-0.1, -0.05) is 42.3 Å². The van der Waals surface area contributed by atoms with Gasteiger partial charge >= 0.3 is 0 Å². The maximum Gasteiger partial charge on any atom is 0.146 e. The van der Waals surface area contributed by atoms with Crippen LogP contribution in [0.25, 0.3) is 0 Å². The van der Waals surface area contributed by atoms with Gasteiger partial charge in [0.2, 0.25) is 0 Å². The van der Waals surface area contributed by atoms with Crippen molar-refractivity contribution in [3.05, 3.63) is 57.8 Å². The molecule has 0 spiro atoms. The van der Waals surface area contributed by atoms with Gasteiger partial charge in [-0.3, -0.25) is 0 Å². The summed E-state index contributed by atoms with van der Waals surface area (Å²) in [6.45, 7) is 2.95. The van der Waals surface area contributed by atoms with E-state index in [9.17, 15) is 4.39 Å². The molecule has 0 aliphatic rings. The van der Waals surface area contributed by atoms with Crippen LogP contribution in [0, 0.1) is 5.82 Å². The highest BCUT2D eigenvalue weighted by Crippen LogP contribution is 2.29. The van der Waals surface area contributed by atoms with Crippen molar-refractivity contribution in [3.63, 3.8) is 0 Å². The third-order valence-corrected chi connectivity index (χ3v) is 3.43. The molecule has 2 aromatic carbocycles. The largest absolute Gasteiger partial charge is 0.491 e. The minimum absolute atomic E-state index is 0.114. The zero-order chi connectivity index (χ0) is 15.2. The molecular weight excluding hydrogens is 312 g/mol. The second kappa shape index (κ2) is 7.53. The van der Waals surface area contributed by atoms with Gasteiger partial charge in [0, 0.05) is 17.1 Å². The first-order chi connectivity index (χ1) is 10.1. The van der Waals surface area contributed by atoms with Crippen LogP contribution in [-0.4, -0.2) is 6.61 Å². The molecule has 112 valence electrons. The predicted octanol–water partition coefficient (Wildman–Crippen LogP) is 5.53. The Hall–Kier alpha value is -1.45. The smallest absolute Gasteiger partial charge is 0.146 e. The molecule has 2 nitrogen and oxygen atoms in total. The summed E-state index contributed by atoms with van der Waals surface area (Å²) in [5, 5.41) is 3.84. The second-order valence-corrected chi connectivity index (χ2v) is 5.40. The third kappa shape index (κ3) is 4.26. The summed E-state index contributed by atoms with van der Waals surface area (Å²) >= 11 is 11.8. The highest BCUT2D eigenvalue weighted by atomic mass is 35.5. The molecule has 0 radical (unpaired) electrons. The van der Waals surface area contributed by atoms with Crippen LogP contribution in [0.4, 0.5) is 10.1 Å². The zero-order valence-corrected chi connectivity index (χ0v) is 13.1. The fourth-order valence-electron chi connectivity index (χ4n) is 1.85. The number of halogens is 3. The van der Waals surface area contributed by atoms with Crippen LogP contribution in [-0.2, 0) is 6.54 Å². The number of anilines is 1. The van der Waals surface area contributed by atoms with Crippen LogP contribution < -0.4 is 10.1 Å². The van der Waals surface area contributed by atoms with Crippen molar-refractivity contribution in [1.29, 1.82) is 0 Å². The SMILES string of the molecule is CCCOc1ccc(Cl)cc1NCc1cccc(Cl)c1F. The lowest BCUT2D eigenvalue weighted by molar-refractivity contribution is 0.319. The Morgan fingerprint density at radius 1 is 1.19 bits per heavy atom. The highest BCUT2D eigenvalue weighted by molar-refractivity contribution is 6.31. The van der Waals surface area contributed by atoms with Crippen molar-refractivity contribution >= 4 is 28.9 Å².